The second kappa shape index (κ2) is 12.5. The highest BCUT2D eigenvalue weighted by Gasteiger charge is 2.36. The van der Waals surface area contributed by atoms with Gasteiger partial charge in [0, 0.05) is 32.3 Å². The Morgan fingerprint density at radius 1 is 0.396 bits per heavy atom. The number of hydrogen-bond donors (Lipinski definition) is 0. The fourth-order valence-corrected chi connectivity index (χ4v) is 9.49. The maximum absolute atomic E-state index is 2.50. The van der Waals surface area contributed by atoms with Gasteiger partial charge < -0.3 is 4.90 Å². The Morgan fingerprint density at radius 2 is 0.925 bits per heavy atom. The fourth-order valence-electron chi connectivity index (χ4n) is 8.33. The van der Waals surface area contributed by atoms with Crippen molar-refractivity contribution in [1.82, 2.24) is 0 Å². The molecule has 53 heavy (non-hydrogen) atoms. The molecule has 0 atom stereocenters. The molecule has 1 aromatic heterocycles. The summed E-state index contributed by atoms with van der Waals surface area (Å²) in [4.78, 5) is 2.50. The molecular weight excluding hydrogens is 659 g/mol. The minimum absolute atomic E-state index is 0.114. The predicted molar refractivity (Wildman–Crippen MR) is 228 cm³/mol. The predicted octanol–water partition coefficient (Wildman–Crippen LogP) is 14.8. The van der Waals surface area contributed by atoms with E-state index in [2.05, 4.69) is 207 Å². The van der Waals surface area contributed by atoms with E-state index in [1.807, 2.05) is 11.3 Å². The van der Waals surface area contributed by atoms with Crippen molar-refractivity contribution in [2.24, 2.45) is 0 Å². The highest BCUT2D eigenvalue weighted by molar-refractivity contribution is 7.26. The second-order valence-corrected chi connectivity index (χ2v) is 15.6. The average molecular weight is 696 g/mol. The van der Waals surface area contributed by atoms with E-state index >= 15 is 0 Å². The molecule has 0 fully saturated rings. The second-order valence-electron chi connectivity index (χ2n) is 14.6. The topological polar surface area (TPSA) is 3.24 Å². The molecule has 9 aromatic rings. The van der Waals surface area contributed by atoms with Gasteiger partial charge in [-0.1, -0.05) is 153 Å². The van der Waals surface area contributed by atoms with Crippen molar-refractivity contribution in [2.75, 3.05) is 4.90 Å². The maximum atomic E-state index is 2.50. The summed E-state index contributed by atoms with van der Waals surface area (Å²) >= 11 is 1.89. The third-order valence-electron chi connectivity index (χ3n) is 11.1. The SMILES string of the molecule is CC1(C)c2ccccc2-c2ccc(N(c3ccc(-c4ccccc4)cc3)c3cc(-c4ccccc4)cc4c3sc3ccc(-c5ccccc5)cc34)cc21. The van der Waals surface area contributed by atoms with Crippen LogP contribution in [0.2, 0.25) is 0 Å². The number of rotatable bonds is 6. The Bertz CT molecular complexity index is 2780. The fraction of sp³-hybridized carbons (Fsp3) is 0.0588. The van der Waals surface area contributed by atoms with E-state index in [1.54, 1.807) is 0 Å². The van der Waals surface area contributed by atoms with Gasteiger partial charge in [0.25, 0.3) is 0 Å². The lowest BCUT2D eigenvalue weighted by Crippen LogP contribution is -2.16. The zero-order chi connectivity index (χ0) is 35.5. The molecule has 0 saturated heterocycles. The Balaban J connectivity index is 1.24. The summed E-state index contributed by atoms with van der Waals surface area (Å²) in [7, 11) is 0. The lowest BCUT2D eigenvalue weighted by atomic mass is 9.82. The number of thiophene rings is 1. The van der Waals surface area contributed by atoms with Gasteiger partial charge in [0.2, 0.25) is 0 Å². The van der Waals surface area contributed by atoms with Gasteiger partial charge in [-0.05, 0) is 104 Å². The van der Waals surface area contributed by atoms with Crippen LogP contribution in [0.25, 0.3) is 64.7 Å². The van der Waals surface area contributed by atoms with Gasteiger partial charge in [-0.25, -0.2) is 0 Å². The Labute approximate surface area is 315 Å². The number of hydrogen-bond acceptors (Lipinski definition) is 2. The highest BCUT2D eigenvalue weighted by atomic mass is 32.1. The Kier molecular flexibility index (Phi) is 7.42. The monoisotopic (exact) mass is 695 g/mol. The molecule has 1 aliphatic rings. The van der Waals surface area contributed by atoms with Gasteiger partial charge in [0.1, 0.15) is 0 Å². The Hall–Kier alpha value is -6.22. The summed E-state index contributed by atoms with van der Waals surface area (Å²) in [5.74, 6) is 0. The third-order valence-corrected chi connectivity index (χ3v) is 12.3. The first-order valence-electron chi connectivity index (χ1n) is 18.3. The van der Waals surface area contributed by atoms with Crippen molar-refractivity contribution in [3.63, 3.8) is 0 Å². The van der Waals surface area contributed by atoms with Crippen molar-refractivity contribution in [3.05, 3.63) is 199 Å². The molecule has 252 valence electrons. The van der Waals surface area contributed by atoms with Crippen LogP contribution < -0.4 is 4.90 Å². The highest BCUT2D eigenvalue weighted by Crippen LogP contribution is 2.52. The maximum Gasteiger partial charge on any atom is 0.0646 e. The van der Waals surface area contributed by atoms with E-state index in [0.29, 0.717) is 0 Å². The minimum atomic E-state index is -0.114. The summed E-state index contributed by atoms with van der Waals surface area (Å²) in [5.41, 5.74) is 16.1. The summed E-state index contributed by atoms with van der Waals surface area (Å²) in [5, 5.41) is 2.56. The molecule has 0 bridgehead atoms. The number of nitrogens with zero attached hydrogens (tertiary/aromatic N) is 1. The van der Waals surface area contributed by atoms with Gasteiger partial charge in [-0.2, -0.15) is 0 Å². The number of fused-ring (bicyclic) bond motifs is 6. The van der Waals surface area contributed by atoms with Gasteiger partial charge in [-0.3, -0.25) is 0 Å². The molecule has 1 nitrogen and oxygen atoms in total. The van der Waals surface area contributed by atoms with E-state index in [4.69, 9.17) is 0 Å². The summed E-state index contributed by atoms with van der Waals surface area (Å²) < 4.78 is 2.57. The standard InChI is InChI=1S/C51H37NS/c1-51(2)46-21-13-12-20-42(46)43-28-27-41(33-47(43)51)52(40-25-22-37(23-26-40)34-14-6-3-7-15-34)48-32-39(36-18-10-5-11-19-36)31-45-44-30-38(35-16-8-4-9-17-35)24-29-49(44)53-50(45)48/h3-33H,1-2H3. The van der Waals surface area contributed by atoms with Crippen LogP contribution in [0.15, 0.2) is 188 Å². The van der Waals surface area contributed by atoms with Gasteiger partial charge in [-0.15, -0.1) is 11.3 Å². The molecule has 0 unspecified atom stereocenters. The molecule has 0 spiro atoms. The van der Waals surface area contributed by atoms with Gasteiger partial charge in [0.05, 0.1) is 10.4 Å². The van der Waals surface area contributed by atoms with E-state index in [0.717, 1.165) is 11.4 Å². The summed E-state index contributed by atoms with van der Waals surface area (Å²) in [6.07, 6.45) is 0. The van der Waals surface area contributed by atoms with Crippen molar-refractivity contribution < 1.29 is 0 Å². The van der Waals surface area contributed by atoms with Crippen molar-refractivity contribution in [2.45, 2.75) is 19.3 Å². The smallest absolute Gasteiger partial charge is 0.0646 e. The minimum Gasteiger partial charge on any atom is -0.309 e. The van der Waals surface area contributed by atoms with Crippen LogP contribution in [-0.4, -0.2) is 0 Å². The molecule has 10 rings (SSSR count). The van der Waals surface area contributed by atoms with Crippen molar-refractivity contribution in [1.29, 1.82) is 0 Å². The molecule has 2 heteroatoms. The summed E-state index contributed by atoms with van der Waals surface area (Å²) in [6.45, 7) is 4.73. The first-order valence-corrected chi connectivity index (χ1v) is 19.2. The van der Waals surface area contributed by atoms with E-state index in [9.17, 15) is 0 Å². The number of benzene rings is 8. The Morgan fingerprint density at radius 3 is 1.62 bits per heavy atom. The third kappa shape index (κ3) is 5.29. The quantitative estimate of drug-likeness (QED) is 0.167. The van der Waals surface area contributed by atoms with E-state index in [1.165, 1.54) is 81.5 Å². The lowest BCUT2D eigenvalue weighted by Gasteiger charge is -2.29. The molecule has 0 radical (unpaired) electrons. The zero-order valence-corrected chi connectivity index (χ0v) is 30.6. The zero-order valence-electron chi connectivity index (χ0n) is 29.8. The van der Waals surface area contributed by atoms with Crippen LogP contribution >= 0.6 is 11.3 Å². The first kappa shape index (κ1) is 31.5. The largest absolute Gasteiger partial charge is 0.309 e. The number of anilines is 3. The molecule has 0 aliphatic heterocycles. The van der Waals surface area contributed by atoms with Gasteiger partial charge >= 0.3 is 0 Å². The van der Waals surface area contributed by atoms with Crippen LogP contribution in [0.5, 0.6) is 0 Å². The van der Waals surface area contributed by atoms with Gasteiger partial charge in [0.15, 0.2) is 0 Å². The molecule has 0 saturated carbocycles. The summed E-state index contributed by atoms with van der Waals surface area (Å²) in [6, 6.07) is 69.1. The molecular formula is C51H37NS. The molecule has 0 amide bonds. The molecule has 1 aliphatic carbocycles. The first-order chi connectivity index (χ1) is 26.0. The van der Waals surface area contributed by atoms with Crippen LogP contribution in [-0.2, 0) is 5.41 Å². The van der Waals surface area contributed by atoms with Crippen LogP contribution in [0.1, 0.15) is 25.0 Å². The van der Waals surface area contributed by atoms with E-state index < -0.39 is 0 Å². The van der Waals surface area contributed by atoms with Crippen molar-refractivity contribution >= 4 is 48.6 Å². The average Bonchev–Trinajstić information content (AvgIpc) is 3.70. The van der Waals surface area contributed by atoms with Crippen molar-refractivity contribution in [3.8, 4) is 44.5 Å². The molecule has 8 aromatic carbocycles. The molecule has 0 N–H and O–H groups in total. The van der Waals surface area contributed by atoms with E-state index in [-0.39, 0.29) is 5.41 Å². The normalized spacial score (nSPS) is 12.9. The van der Waals surface area contributed by atoms with Crippen LogP contribution in [0.3, 0.4) is 0 Å². The van der Waals surface area contributed by atoms with Crippen LogP contribution in [0.4, 0.5) is 17.1 Å². The molecule has 1 heterocycles. The van der Waals surface area contributed by atoms with Crippen LogP contribution in [0, 0.1) is 0 Å². The lowest BCUT2D eigenvalue weighted by molar-refractivity contribution is 0.660.